The van der Waals surface area contributed by atoms with Crippen molar-refractivity contribution in [2.75, 3.05) is 24.2 Å². The van der Waals surface area contributed by atoms with Crippen LogP contribution in [0.1, 0.15) is 5.69 Å². The van der Waals surface area contributed by atoms with Crippen LogP contribution in [-0.2, 0) is 4.79 Å². The molecule has 1 aliphatic rings. The number of nitrogens with zero attached hydrogens (tertiary/aromatic N) is 4. The van der Waals surface area contributed by atoms with Crippen molar-refractivity contribution in [1.82, 2.24) is 9.97 Å². The van der Waals surface area contributed by atoms with Crippen LogP contribution in [0.5, 0.6) is 0 Å². The zero-order chi connectivity index (χ0) is 18.7. The number of rotatable bonds is 5. The van der Waals surface area contributed by atoms with Crippen molar-refractivity contribution in [3.05, 3.63) is 47.6 Å². The first-order chi connectivity index (χ1) is 12.4. The molecule has 1 amide bonds. The zero-order valence-electron chi connectivity index (χ0n) is 14.5. The van der Waals surface area contributed by atoms with Gasteiger partial charge in [0.15, 0.2) is 24.3 Å². The van der Waals surface area contributed by atoms with E-state index >= 15 is 0 Å². The number of aliphatic imine (C=N–C) groups is 1. The minimum Gasteiger partial charge on any atom is -0.339 e. The molecule has 0 radical (unpaired) electrons. The lowest BCUT2D eigenvalue weighted by molar-refractivity contribution is -0.487. The highest BCUT2D eigenvalue weighted by molar-refractivity contribution is 6.34. The van der Waals surface area contributed by atoms with Gasteiger partial charge in [-0.15, -0.1) is 0 Å². The second kappa shape index (κ2) is 7.45. The number of anilines is 3. The lowest BCUT2D eigenvalue weighted by atomic mass is 10.2. The van der Waals surface area contributed by atoms with E-state index in [1.165, 1.54) is 6.08 Å². The number of nitrogens with one attached hydrogen (secondary N) is 2. The van der Waals surface area contributed by atoms with Gasteiger partial charge in [-0.2, -0.15) is 4.98 Å². The van der Waals surface area contributed by atoms with Crippen LogP contribution in [0.2, 0.25) is 5.02 Å². The van der Waals surface area contributed by atoms with Crippen molar-refractivity contribution in [3.63, 3.8) is 0 Å². The van der Waals surface area contributed by atoms with Crippen LogP contribution in [0.3, 0.4) is 0 Å². The van der Waals surface area contributed by atoms with Crippen molar-refractivity contribution in [2.45, 2.75) is 6.92 Å². The number of carbonyl (C=O) groups excluding carboxylic acids is 1. The smallest absolute Gasteiger partial charge is 0.252 e. The average molecular weight is 370 g/mol. The fourth-order valence-electron chi connectivity index (χ4n) is 2.36. The molecule has 2 aromatic rings. The number of hydrogen-bond acceptors (Lipinski definition) is 5. The molecule has 0 aliphatic carbocycles. The molecule has 2 N–H and O–H groups in total. The maximum atomic E-state index is 11.4. The third-order valence-electron chi connectivity index (χ3n) is 3.61. The normalized spacial score (nSPS) is 14.4. The highest BCUT2D eigenvalue weighted by Gasteiger charge is 2.19. The minimum atomic E-state index is -0.280. The number of aromatic nitrogens is 2. The molecule has 0 unspecified atom stereocenters. The van der Waals surface area contributed by atoms with E-state index in [0.717, 1.165) is 17.9 Å². The molecule has 1 aromatic carbocycles. The summed E-state index contributed by atoms with van der Waals surface area (Å²) in [6, 6.07) is 7.20. The number of aryl methyl sites for hydroxylation is 1. The van der Waals surface area contributed by atoms with Crippen LogP contribution in [-0.4, -0.2) is 46.0 Å². The van der Waals surface area contributed by atoms with E-state index in [9.17, 15) is 4.79 Å². The number of halogens is 1. The Labute approximate surface area is 156 Å². The van der Waals surface area contributed by atoms with Crippen LogP contribution >= 0.6 is 11.6 Å². The van der Waals surface area contributed by atoms with E-state index in [4.69, 9.17) is 11.6 Å². The summed E-state index contributed by atoms with van der Waals surface area (Å²) in [5.74, 6) is 0.529. The van der Waals surface area contributed by atoms with E-state index in [1.807, 2.05) is 30.0 Å². The van der Waals surface area contributed by atoms with E-state index in [0.29, 0.717) is 28.2 Å². The van der Waals surface area contributed by atoms with Crippen molar-refractivity contribution >= 4 is 52.6 Å². The summed E-state index contributed by atoms with van der Waals surface area (Å²) >= 11 is 6.33. The Bertz CT molecular complexity index is 951. The van der Waals surface area contributed by atoms with Gasteiger partial charge < -0.3 is 10.6 Å². The summed E-state index contributed by atoms with van der Waals surface area (Å²) in [4.78, 5) is 24.6. The molecule has 0 saturated carbocycles. The van der Waals surface area contributed by atoms with E-state index < -0.39 is 0 Å². The molecular formula is C18H18ClN6O+. The van der Waals surface area contributed by atoms with Crippen LogP contribution in [0.25, 0.3) is 0 Å². The van der Waals surface area contributed by atoms with E-state index in [1.54, 1.807) is 19.1 Å². The minimum absolute atomic E-state index is 0.280. The van der Waals surface area contributed by atoms with Gasteiger partial charge in [0.1, 0.15) is 12.1 Å². The molecule has 8 heteroatoms. The number of benzene rings is 1. The summed E-state index contributed by atoms with van der Waals surface area (Å²) in [7, 11) is 1.97. The zero-order valence-corrected chi connectivity index (χ0v) is 15.2. The molecule has 0 atom stereocenters. The summed E-state index contributed by atoms with van der Waals surface area (Å²) in [6.45, 7) is 6.00. The Balaban J connectivity index is 1.86. The molecule has 0 saturated heterocycles. The van der Waals surface area contributed by atoms with Crippen molar-refractivity contribution in [2.24, 2.45) is 4.99 Å². The predicted molar refractivity (Wildman–Crippen MR) is 105 cm³/mol. The molecule has 0 fully saturated rings. The summed E-state index contributed by atoms with van der Waals surface area (Å²) in [5, 5.41) is 6.28. The van der Waals surface area contributed by atoms with E-state index in [2.05, 4.69) is 32.2 Å². The molecule has 0 spiro atoms. The van der Waals surface area contributed by atoms with Crippen LogP contribution in [0, 0.1) is 6.92 Å². The molecular weight excluding hydrogens is 352 g/mol. The Hall–Kier alpha value is -3.06. The Morgan fingerprint density at radius 2 is 2.12 bits per heavy atom. The van der Waals surface area contributed by atoms with Crippen LogP contribution < -0.4 is 10.6 Å². The predicted octanol–water partition coefficient (Wildman–Crippen LogP) is 3.11. The highest BCUT2D eigenvalue weighted by atomic mass is 35.5. The van der Waals surface area contributed by atoms with Gasteiger partial charge in [0.2, 0.25) is 5.91 Å². The third-order valence-corrected chi connectivity index (χ3v) is 4.06. The first kappa shape index (κ1) is 17.8. The fourth-order valence-corrected chi connectivity index (χ4v) is 2.49. The SMILES string of the molecule is C=CC(=O)Nc1cccc(Nc2nc(N=C3C=[N+](C)C3)nc(C)c2Cl)c1. The topological polar surface area (TPSA) is 82.3 Å². The lowest BCUT2D eigenvalue weighted by Gasteiger charge is -2.12. The maximum absolute atomic E-state index is 11.4. The molecule has 1 aromatic heterocycles. The van der Waals surface area contributed by atoms with Crippen molar-refractivity contribution < 1.29 is 9.37 Å². The first-order valence-electron chi connectivity index (χ1n) is 7.92. The van der Waals surface area contributed by atoms with Gasteiger partial charge in [-0.05, 0) is 31.2 Å². The molecule has 0 bridgehead atoms. The van der Waals surface area contributed by atoms with Gasteiger partial charge in [-0.3, -0.25) is 4.79 Å². The molecule has 2 heterocycles. The van der Waals surface area contributed by atoms with Gasteiger partial charge in [0.25, 0.3) is 5.95 Å². The van der Waals surface area contributed by atoms with Gasteiger partial charge >= 0.3 is 0 Å². The Kier molecular flexibility index (Phi) is 5.09. The maximum Gasteiger partial charge on any atom is 0.252 e. The number of amides is 1. The largest absolute Gasteiger partial charge is 0.339 e. The summed E-state index contributed by atoms with van der Waals surface area (Å²) in [5.41, 5.74) is 2.90. The van der Waals surface area contributed by atoms with Gasteiger partial charge in [0, 0.05) is 11.4 Å². The van der Waals surface area contributed by atoms with Crippen molar-refractivity contribution in [3.8, 4) is 0 Å². The summed E-state index contributed by atoms with van der Waals surface area (Å²) < 4.78 is 2.02. The van der Waals surface area contributed by atoms with Crippen LogP contribution in [0.15, 0.2) is 41.9 Å². The van der Waals surface area contributed by atoms with Gasteiger partial charge in [0.05, 0.1) is 5.69 Å². The Morgan fingerprint density at radius 1 is 1.38 bits per heavy atom. The quantitative estimate of drug-likeness (QED) is 0.626. The third kappa shape index (κ3) is 4.12. The van der Waals surface area contributed by atoms with E-state index in [-0.39, 0.29) is 5.91 Å². The Morgan fingerprint density at radius 3 is 2.81 bits per heavy atom. The average Bonchev–Trinajstić information content (AvgIpc) is 2.58. The molecule has 3 rings (SSSR count). The number of hydrogen-bond donors (Lipinski definition) is 2. The summed E-state index contributed by atoms with van der Waals surface area (Å²) in [6.07, 6.45) is 3.14. The standard InChI is InChI=1S/C18H17ClN6O/c1-4-15(26)21-12-6-5-7-13(8-12)22-17-16(19)11(2)20-18(24-17)23-14-9-25(3)10-14/h4-9H,1,10H2,2-3H3,(H-,20,21,22,24,26)/p+1. The van der Waals surface area contributed by atoms with Crippen LogP contribution in [0.4, 0.5) is 23.1 Å². The lowest BCUT2D eigenvalue weighted by Crippen LogP contribution is -2.32. The molecule has 132 valence electrons. The van der Waals surface area contributed by atoms with Crippen molar-refractivity contribution in [1.29, 1.82) is 0 Å². The molecule has 26 heavy (non-hydrogen) atoms. The molecule has 1 aliphatic heterocycles. The molecule has 7 nitrogen and oxygen atoms in total. The fraction of sp³-hybridized carbons (Fsp3) is 0.167. The number of carbonyl (C=O) groups is 1. The first-order valence-corrected chi connectivity index (χ1v) is 8.29. The second-order valence-electron chi connectivity index (χ2n) is 5.82. The monoisotopic (exact) mass is 369 g/mol. The van der Waals surface area contributed by atoms with Gasteiger partial charge in [-0.1, -0.05) is 24.2 Å². The second-order valence-corrected chi connectivity index (χ2v) is 6.20. The van der Waals surface area contributed by atoms with Gasteiger partial charge in [-0.25, -0.2) is 14.6 Å². The highest BCUT2D eigenvalue weighted by Crippen LogP contribution is 2.28.